The first-order chi connectivity index (χ1) is 9.04. The van der Waals surface area contributed by atoms with Crippen molar-refractivity contribution in [1.82, 2.24) is 5.32 Å². The molecular formula is C12H18N4O3. The van der Waals surface area contributed by atoms with Crippen LogP contribution in [0.2, 0.25) is 0 Å². The minimum Gasteiger partial charge on any atom is -0.397 e. The van der Waals surface area contributed by atoms with E-state index in [-0.39, 0.29) is 12.5 Å². The highest BCUT2D eigenvalue weighted by molar-refractivity contribution is 5.95. The third-order valence-electron chi connectivity index (χ3n) is 2.41. The number of ether oxygens (including phenoxy) is 1. The fourth-order valence-electron chi connectivity index (χ4n) is 1.39. The molecule has 0 aromatic heterocycles. The molecule has 0 aliphatic heterocycles. The third-order valence-corrected chi connectivity index (χ3v) is 2.41. The van der Waals surface area contributed by atoms with E-state index in [4.69, 9.17) is 16.2 Å². The topological polar surface area (TPSA) is 119 Å². The van der Waals surface area contributed by atoms with Crippen molar-refractivity contribution in [2.24, 2.45) is 5.73 Å². The van der Waals surface area contributed by atoms with Gasteiger partial charge < -0.3 is 26.8 Å². The minimum atomic E-state index is -0.549. The average Bonchev–Trinajstić information content (AvgIpc) is 2.37. The molecule has 104 valence electrons. The summed E-state index contributed by atoms with van der Waals surface area (Å²) < 4.78 is 4.81. The number of nitrogen functional groups attached to an aromatic ring is 1. The summed E-state index contributed by atoms with van der Waals surface area (Å²) in [5.74, 6) is -0.742. The van der Waals surface area contributed by atoms with Gasteiger partial charge in [0, 0.05) is 19.2 Å². The number of rotatable bonds is 7. The van der Waals surface area contributed by atoms with Crippen molar-refractivity contribution >= 4 is 23.2 Å². The maximum Gasteiger partial charge on any atom is 0.248 e. The largest absolute Gasteiger partial charge is 0.397 e. The molecule has 0 unspecified atom stereocenters. The molecule has 0 saturated carbocycles. The van der Waals surface area contributed by atoms with E-state index in [1.165, 1.54) is 12.1 Å². The van der Waals surface area contributed by atoms with Gasteiger partial charge in [-0.05, 0) is 18.2 Å². The molecule has 0 aliphatic carbocycles. The summed E-state index contributed by atoms with van der Waals surface area (Å²) in [5.41, 5.74) is 12.2. The molecule has 7 heteroatoms. The molecule has 0 aliphatic rings. The lowest BCUT2D eigenvalue weighted by Crippen LogP contribution is -2.32. The van der Waals surface area contributed by atoms with Crippen molar-refractivity contribution in [3.63, 3.8) is 0 Å². The second-order valence-electron chi connectivity index (χ2n) is 3.86. The number of nitrogens with two attached hydrogens (primary N) is 2. The molecule has 1 aromatic rings. The molecule has 6 N–H and O–H groups in total. The summed E-state index contributed by atoms with van der Waals surface area (Å²) in [6, 6.07) is 4.60. The van der Waals surface area contributed by atoms with E-state index in [0.717, 1.165) is 0 Å². The first kappa shape index (κ1) is 14.8. The van der Waals surface area contributed by atoms with Gasteiger partial charge in [0.25, 0.3) is 0 Å². The van der Waals surface area contributed by atoms with Crippen LogP contribution in [0.3, 0.4) is 0 Å². The van der Waals surface area contributed by atoms with Crippen LogP contribution in [0.15, 0.2) is 18.2 Å². The Kier molecular flexibility index (Phi) is 5.62. The number of methoxy groups -OCH3 is 1. The molecule has 0 saturated heterocycles. The maximum absolute atomic E-state index is 11.5. The Hall–Kier alpha value is -2.28. The van der Waals surface area contributed by atoms with Crippen molar-refractivity contribution in [2.75, 3.05) is 37.9 Å². The van der Waals surface area contributed by atoms with Crippen LogP contribution in [0.25, 0.3) is 0 Å². The van der Waals surface area contributed by atoms with Crippen LogP contribution in [0.4, 0.5) is 11.4 Å². The molecular weight excluding hydrogens is 248 g/mol. The quantitative estimate of drug-likeness (QED) is 0.393. The van der Waals surface area contributed by atoms with E-state index in [0.29, 0.717) is 30.1 Å². The number of carbonyl (C=O) groups excluding carboxylic acids is 2. The lowest BCUT2D eigenvalue weighted by atomic mass is 10.1. The maximum atomic E-state index is 11.5. The lowest BCUT2D eigenvalue weighted by molar-refractivity contribution is -0.119. The molecule has 1 rings (SSSR count). The average molecular weight is 266 g/mol. The predicted molar refractivity (Wildman–Crippen MR) is 72.7 cm³/mol. The summed E-state index contributed by atoms with van der Waals surface area (Å²) in [5, 5.41) is 5.50. The molecule has 0 atom stereocenters. The van der Waals surface area contributed by atoms with Crippen LogP contribution < -0.4 is 22.1 Å². The summed E-state index contributed by atoms with van der Waals surface area (Å²) >= 11 is 0. The summed E-state index contributed by atoms with van der Waals surface area (Å²) in [6.07, 6.45) is 0. The van der Waals surface area contributed by atoms with Crippen molar-refractivity contribution in [2.45, 2.75) is 0 Å². The SMILES string of the molecule is COCCNC(=O)CNc1cc(C(N)=O)ccc1N. The Bertz CT molecular complexity index is 462. The van der Waals surface area contributed by atoms with Gasteiger partial charge in [0.2, 0.25) is 11.8 Å². The zero-order valence-corrected chi connectivity index (χ0v) is 10.7. The van der Waals surface area contributed by atoms with Crippen molar-refractivity contribution in [3.8, 4) is 0 Å². The fourth-order valence-corrected chi connectivity index (χ4v) is 1.39. The van der Waals surface area contributed by atoms with E-state index in [2.05, 4.69) is 10.6 Å². The second kappa shape index (κ2) is 7.22. The molecule has 0 heterocycles. The standard InChI is InChI=1S/C12H18N4O3/c1-19-5-4-15-11(17)7-16-10-6-8(12(14)18)2-3-9(10)13/h2-3,6,16H,4-5,7,13H2,1H3,(H2,14,18)(H,15,17). The summed E-state index contributed by atoms with van der Waals surface area (Å²) in [4.78, 5) is 22.5. The molecule has 19 heavy (non-hydrogen) atoms. The van der Waals surface area contributed by atoms with E-state index in [1.807, 2.05) is 0 Å². The van der Waals surface area contributed by atoms with Crippen molar-refractivity contribution in [3.05, 3.63) is 23.8 Å². The number of amides is 2. The molecule has 2 amide bonds. The number of benzene rings is 1. The molecule has 0 fully saturated rings. The van der Waals surface area contributed by atoms with Crippen LogP contribution in [0.5, 0.6) is 0 Å². The Morgan fingerprint density at radius 2 is 2.11 bits per heavy atom. The molecule has 0 spiro atoms. The molecule has 1 aromatic carbocycles. The molecule has 0 bridgehead atoms. The van der Waals surface area contributed by atoms with Gasteiger partial charge in [0.1, 0.15) is 0 Å². The number of carbonyl (C=O) groups is 2. The van der Waals surface area contributed by atoms with Crippen LogP contribution in [0, 0.1) is 0 Å². The zero-order valence-electron chi connectivity index (χ0n) is 10.7. The lowest BCUT2D eigenvalue weighted by Gasteiger charge is -2.10. The van der Waals surface area contributed by atoms with Gasteiger partial charge in [-0.25, -0.2) is 0 Å². The number of hydrogen-bond acceptors (Lipinski definition) is 5. The highest BCUT2D eigenvalue weighted by Crippen LogP contribution is 2.19. The third kappa shape index (κ3) is 4.84. The van der Waals surface area contributed by atoms with Gasteiger partial charge >= 0.3 is 0 Å². The Labute approximate surface area is 111 Å². The number of primary amides is 1. The Morgan fingerprint density at radius 3 is 2.74 bits per heavy atom. The Morgan fingerprint density at radius 1 is 1.37 bits per heavy atom. The number of anilines is 2. The summed E-state index contributed by atoms with van der Waals surface area (Å²) in [7, 11) is 1.56. The Balaban J connectivity index is 2.54. The normalized spacial score (nSPS) is 9.95. The van der Waals surface area contributed by atoms with E-state index in [1.54, 1.807) is 13.2 Å². The fraction of sp³-hybridized carbons (Fsp3) is 0.333. The first-order valence-corrected chi connectivity index (χ1v) is 5.73. The van der Waals surface area contributed by atoms with Crippen LogP contribution >= 0.6 is 0 Å². The number of nitrogens with one attached hydrogen (secondary N) is 2. The van der Waals surface area contributed by atoms with Gasteiger partial charge in [-0.1, -0.05) is 0 Å². The van der Waals surface area contributed by atoms with Gasteiger partial charge in [-0.15, -0.1) is 0 Å². The summed E-state index contributed by atoms with van der Waals surface area (Å²) in [6.45, 7) is 0.939. The van der Waals surface area contributed by atoms with Gasteiger partial charge in [0.05, 0.1) is 24.5 Å². The first-order valence-electron chi connectivity index (χ1n) is 5.73. The number of hydrogen-bond donors (Lipinski definition) is 4. The van der Waals surface area contributed by atoms with E-state index >= 15 is 0 Å². The van der Waals surface area contributed by atoms with Crippen LogP contribution in [-0.2, 0) is 9.53 Å². The second-order valence-corrected chi connectivity index (χ2v) is 3.86. The van der Waals surface area contributed by atoms with Crippen LogP contribution in [-0.4, -0.2) is 38.6 Å². The van der Waals surface area contributed by atoms with E-state index in [9.17, 15) is 9.59 Å². The van der Waals surface area contributed by atoms with Gasteiger partial charge in [-0.2, -0.15) is 0 Å². The smallest absolute Gasteiger partial charge is 0.248 e. The zero-order chi connectivity index (χ0) is 14.3. The van der Waals surface area contributed by atoms with Gasteiger partial charge in [0.15, 0.2) is 0 Å². The van der Waals surface area contributed by atoms with Crippen molar-refractivity contribution in [1.29, 1.82) is 0 Å². The monoisotopic (exact) mass is 266 g/mol. The predicted octanol–water partition coefficient (Wildman–Crippen LogP) is -0.458. The van der Waals surface area contributed by atoms with Gasteiger partial charge in [-0.3, -0.25) is 9.59 Å². The van der Waals surface area contributed by atoms with Crippen molar-refractivity contribution < 1.29 is 14.3 Å². The highest BCUT2D eigenvalue weighted by atomic mass is 16.5. The van der Waals surface area contributed by atoms with Crippen LogP contribution in [0.1, 0.15) is 10.4 Å². The van der Waals surface area contributed by atoms with E-state index < -0.39 is 5.91 Å². The molecule has 7 nitrogen and oxygen atoms in total. The minimum absolute atomic E-state index is 0.0517. The highest BCUT2D eigenvalue weighted by Gasteiger charge is 2.06. The molecule has 0 radical (unpaired) electrons.